The maximum Gasteiger partial charge on any atom is 0.223 e. The van der Waals surface area contributed by atoms with E-state index in [1.807, 2.05) is 20.8 Å². The van der Waals surface area contributed by atoms with Crippen LogP contribution in [0.2, 0.25) is 0 Å². The minimum atomic E-state index is -3.40. The van der Waals surface area contributed by atoms with Gasteiger partial charge >= 0.3 is 0 Å². The fourth-order valence-corrected chi connectivity index (χ4v) is 2.94. The molecular formula is C9H20N2O2S2. The zero-order valence-electron chi connectivity index (χ0n) is 9.94. The third kappa shape index (κ3) is 4.44. The minimum absolute atomic E-state index is 0.00996. The van der Waals surface area contributed by atoms with Crippen LogP contribution in [0.15, 0.2) is 0 Å². The van der Waals surface area contributed by atoms with Crippen molar-refractivity contribution in [1.29, 1.82) is 0 Å². The lowest BCUT2D eigenvalue weighted by molar-refractivity contribution is 0.310. The van der Waals surface area contributed by atoms with Gasteiger partial charge in [0.25, 0.3) is 0 Å². The van der Waals surface area contributed by atoms with Crippen molar-refractivity contribution >= 4 is 27.2 Å². The maximum atomic E-state index is 11.9. The summed E-state index contributed by atoms with van der Waals surface area (Å²) in [6, 6.07) is 0. The summed E-state index contributed by atoms with van der Waals surface area (Å²) in [7, 11) is -1.85. The monoisotopic (exact) mass is 252 g/mol. The molecule has 0 aromatic rings. The first-order chi connectivity index (χ1) is 6.48. The third-order valence-corrected chi connectivity index (χ3v) is 4.63. The first kappa shape index (κ1) is 14.8. The van der Waals surface area contributed by atoms with Crippen molar-refractivity contribution < 1.29 is 8.42 Å². The molecular weight excluding hydrogens is 232 g/mol. The van der Waals surface area contributed by atoms with Gasteiger partial charge in [-0.2, -0.15) is 0 Å². The van der Waals surface area contributed by atoms with Gasteiger partial charge in [0, 0.05) is 13.6 Å². The van der Waals surface area contributed by atoms with Crippen molar-refractivity contribution in [2.75, 3.05) is 13.6 Å². The Morgan fingerprint density at radius 1 is 1.47 bits per heavy atom. The van der Waals surface area contributed by atoms with Crippen molar-refractivity contribution in [1.82, 2.24) is 4.31 Å². The highest BCUT2D eigenvalue weighted by molar-refractivity contribution is 7.92. The highest BCUT2D eigenvalue weighted by Gasteiger charge is 2.30. The lowest BCUT2D eigenvalue weighted by Crippen LogP contribution is -2.43. The predicted octanol–water partition coefficient (Wildman–Crippen LogP) is 0.969. The quantitative estimate of drug-likeness (QED) is 0.757. The highest BCUT2D eigenvalue weighted by Crippen LogP contribution is 2.18. The van der Waals surface area contributed by atoms with E-state index in [4.69, 9.17) is 18.0 Å². The fraction of sp³-hybridized carbons (Fsp3) is 0.889. The molecule has 15 heavy (non-hydrogen) atoms. The van der Waals surface area contributed by atoms with Crippen LogP contribution in [0.5, 0.6) is 0 Å². The van der Waals surface area contributed by atoms with E-state index in [0.717, 1.165) is 0 Å². The predicted molar refractivity (Wildman–Crippen MR) is 67.3 cm³/mol. The Morgan fingerprint density at radius 2 is 1.87 bits per heavy atom. The molecule has 2 N–H and O–H groups in total. The lowest BCUT2D eigenvalue weighted by atomic mass is 9.97. The molecule has 90 valence electrons. The molecule has 0 fully saturated rings. The number of nitrogens with two attached hydrogens (primary N) is 1. The molecule has 0 spiro atoms. The lowest BCUT2D eigenvalue weighted by Gasteiger charge is -2.28. The average molecular weight is 252 g/mol. The number of hydrogen-bond acceptors (Lipinski definition) is 3. The van der Waals surface area contributed by atoms with Crippen molar-refractivity contribution in [2.24, 2.45) is 11.1 Å². The van der Waals surface area contributed by atoms with Gasteiger partial charge in [-0.1, -0.05) is 33.0 Å². The van der Waals surface area contributed by atoms with Crippen LogP contribution < -0.4 is 5.73 Å². The number of sulfonamides is 1. The van der Waals surface area contributed by atoms with E-state index in [9.17, 15) is 8.42 Å². The SMILES string of the molecule is CC(C(N)=S)S(=O)(=O)N(C)CC(C)(C)C. The van der Waals surface area contributed by atoms with Crippen LogP contribution in [0.1, 0.15) is 27.7 Å². The first-order valence-corrected chi connectivity index (χ1v) is 6.64. The van der Waals surface area contributed by atoms with Gasteiger partial charge in [0.2, 0.25) is 10.0 Å². The van der Waals surface area contributed by atoms with Crippen LogP contribution in [-0.4, -0.2) is 36.6 Å². The van der Waals surface area contributed by atoms with Crippen molar-refractivity contribution in [2.45, 2.75) is 32.9 Å². The molecule has 0 bridgehead atoms. The smallest absolute Gasteiger partial charge is 0.223 e. The van der Waals surface area contributed by atoms with Crippen LogP contribution in [0, 0.1) is 5.41 Å². The molecule has 0 radical (unpaired) electrons. The molecule has 0 aliphatic heterocycles. The molecule has 6 heteroatoms. The summed E-state index contributed by atoms with van der Waals surface area (Å²) < 4.78 is 25.1. The highest BCUT2D eigenvalue weighted by atomic mass is 32.2. The Bertz CT molecular complexity index is 331. The Labute approximate surface area is 97.9 Å². The van der Waals surface area contributed by atoms with E-state index in [1.54, 1.807) is 7.05 Å². The van der Waals surface area contributed by atoms with Crippen molar-refractivity contribution in [3.05, 3.63) is 0 Å². The molecule has 0 aromatic carbocycles. The van der Waals surface area contributed by atoms with E-state index in [0.29, 0.717) is 6.54 Å². The standard InChI is InChI=1S/C9H20N2O2S2/c1-7(8(10)14)15(12,13)11(5)6-9(2,3)4/h7H,6H2,1-5H3,(H2,10,14). The number of rotatable bonds is 4. The van der Waals surface area contributed by atoms with Crippen LogP contribution in [-0.2, 0) is 10.0 Å². The van der Waals surface area contributed by atoms with Gasteiger partial charge in [-0.05, 0) is 12.3 Å². The maximum absolute atomic E-state index is 11.9. The second-order valence-corrected chi connectivity index (χ2v) is 7.74. The second-order valence-electron chi connectivity index (χ2n) is 4.91. The van der Waals surface area contributed by atoms with E-state index >= 15 is 0 Å². The molecule has 0 aliphatic rings. The Hall–Kier alpha value is -0.200. The van der Waals surface area contributed by atoms with Crippen LogP contribution >= 0.6 is 12.2 Å². The summed E-state index contributed by atoms with van der Waals surface area (Å²) in [5.41, 5.74) is 5.26. The van der Waals surface area contributed by atoms with Gasteiger partial charge in [-0.25, -0.2) is 12.7 Å². The minimum Gasteiger partial charge on any atom is -0.392 e. The van der Waals surface area contributed by atoms with Gasteiger partial charge in [-0.3, -0.25) is 0 Å². The summed E-state index contributed by atoms with van der Waals surface area (Å²) >= 11 is 4.70. The molecule has 0 saturated carbocycles. The Kier molecular flexibility index (Phi) is 4.69. The molecule has 0 aromatic heterocycles. The third-order valence-electron chi connectivity index (χ3n) is 1.98. The molecule has 0 rings (SSSR count). The van der Waals surface area contributed by atoms with Crippen LogP contribution in [0.25, 0.3) is 0 Å². The van der Waals surface area contributed by atoms with E-state index in [1.165, 1.54) is 11.2 Å². The van der Waals surface area contributed by atoms with Gasteiger partial charge in [0.05, 0.1) is 4.99 Å². The summed E-state index contributed by atoms with van der Waals surface area (Å²) in [4.78, 5) is 0.00996. The van der Waals surface area contributed by atoms with Gasteiger partial charge in [0.1, 0.15) is 5.25 Å². The fourth-order valence-electron chi connectivity index (χ4n) is 1.17. The molecule has 0 saturated heterocycles. The zero-order chi connectivity index (χ0) is 12.4. The Morgan fingerprint density at radius 3 is 2.13 bits per heavy atom. The molecule has 0 aliphatic carbocycles. The summed E-state index contributed by atoms with van der Waals surface area (Å²) in [6.45, 7) is 7.89. The summed E-state index contributed by atoms with van der Waals surface area (Å²) in [5.74, 6) is 0. The van der Waals surface area contributed by atoms with Crippen LogP contribution in [0.4, 0.5) is 0 Å². The molecule has 4 nitrogen and oxygen atoms in total. The molecule has 1 atom stereocenters. The van der Waals surface area contributed by atoms with E-state index in [2.05, 4.69) is 0 Å². The summed E-state index contributed by atoms with van der Waals surface area (Å²) in [6.07, 6.45) is 0. The average Bonchev–Trinajstić information content (AvgIpc) is 1.99. The second kappa shape index (κ2) is 4.76. The summed E-state index contributed by atoms with van der Waals surface area (Å²) in [5, 5.41) is -0.806. The van der Waals surface area contributed by atoms with Crippen molar-refractivity contribution in [3.8, 4) is 0 Å². The normalized spacial score (nSPS) is 15.3. The van der Waals surface area contributed by atoms with E-state index in [-0.39, 0.29) is 10.4 Å². The number of hydrogen-bond donors (Lipinski definition) is 1. The zero-order valence-corrected chi connectivity index (χ0v) is 11.6. The molecule has 1 unspecified atom stereocenters. The van der Waals surface area contributed by atoms with E-state index < -0.39 is 15.3 Å². The molecule has 0 heterocycles. The topological polar surface area (TPSA) is 63.4 Å². The van der Waals surface area contributed by atoms with Crippen molar-refractivity contribution in [3.63, 3.8) is 0 Å². The first-order valence-electron chi connectivity index (χ1n) is 4.73. The van der Waals surface area contributed by atoms with Gasteiger partial charge < -0.3 is 5.73 Å². The number of thiocarbonyl (C=S) groups is 1. The van der Waals surface area contributed by atoms with Gasteiger partial charge in [0.15, 0.2) is 0 Å². The molecule has 0 amide bonds. The number of nitrogens with zero attached hydrogens (tertiary/aromatic N) is 1. The Balaban J connectivity index is 4.83. The largest absolute Gasteiger partial charge is 0.392 e. The van der Waals surface area contributed by atoms with Crippen LogP contribution in [0.3, 0.4) is 0 Å². The van der Waals surface area contributed by atoms with Gasteiger partial charge in [-0.15, -0.1) is 0 Å².